The Labute approximate surface area is 157 Å². The second kappa shape index (κ2) is 8.62. The number of rotatable bonds is 6. The van der Waals surface area contributed by atoms with E-state index in [0.717, 1.165) is 0 Å². The molecule has 0 spiro atoms. The van der Waals surface area contributed by atoms with Crippen LogP contribution in [0.2, 0.25) is 0 Å². The van der Waals surface area contributed by atoms with Crippen LogP contribution in [0, 0.1) is 0 Å². The molecule has 1 aromatic heterocycles. The second-order valence-electron chi connectivity index (χ2n) is 5.62. The van der Waals surface area contributed by atoms with Crippen molar-refractivity contribution in [2.45, 2.75) is 6.92 Å². The van der Waals surface area contributed by atoms with Gasteiger partial charge in [0.05, 0.1) is 35.3 Å². The summed E-state index contributed by atoms with van der Waals surface area (Å²) in [5.41, 5.74) is 1.74. The highest BCUT2D eigenvalue weighted by molar-refractivity contribution is 6.13. The van der Waals surface area contributed by atoms with Crippen molar-refractivity contribution in [3.05, 3.63) is 84.2 Å². The lowest BCUT2D eigenvalue weighted by Crippen LogP contribution is -2.19. The van der Waals surface area contributed by atoms with Crippen LogP contribution in [0.15, 0.2) is 73.1 Å². The smallest absolute Gasteiger partial charge is 0.259 e. The zero-order chi connectivity index (χ0) is 19.1. The molecule has 1 heterocycles. The first kappa shape index (κ1) is 18.1. The molecule has 0 bridgehead atoms. The molecule has 136 valence electrons. The summed E-state index contributed by atoms with van der Waals surface area (Å²) in [6, 6.07) is 17.3. The van der Waals surface area contributed by atoms with Crippen LogP contribution in [0.4, 0.5) is 11.4 Å². The first-order chi connectivity index (χ1) is 13.2. The summed E-state index contributed by atoms with van der Waals surface area (Å²) < 4.78 is 5.51. The average molecular weight is 361 g/mol. The van der Waals surface area contributed by atoms with E-state index in [9.17, 15) is 9.59 Å². The van der Waals surface area contributed by atoms with Crippen molar-refractivity contribution < 1.29 is 14.3 Å². The number of hydrogen-bond donors (Lipinski definition) is 2. The molecule has 2 aromatic carbocycles. The van der Waals surface area contributed by atoms with Crippen LogP contribution >= 0.6 is 0 Å². The minimum atomic E-state index is -0.347. The maximum Gasteiger partial charge on any atom is 0.259 e. The van der Waals surface area contributed by atoms with E-state index in [1.165, 1.54) is 0 Å². The van der Waals surface area contributed by atoms with Crippen molar-refractivity contribution in [2.24, 2.45) is 0 Å². The molecule has 0 radical (unpaired) electrons. The molecule has 0 saturated carbocycles. The molecule has 0 aliphatic rings. The Bertz CT molecular complexity index is 942. The minimum Gasteiger partial charge on any atom is -0.493 e. The molecule has 6 nitrogen and oxygen atoms in total. The topological polar surface area (TPSA) is 80.3 Å². The lowest BCUT2D eigenvalue weighted by atomic mass is 10.1. The standard InChI is InChI=1S/C21H19N3O3/c1-2-27-19-12-6-4-10-17(19)21(26)24-18-11-5-3-9-16(18)20(25)23-15-8-7-13-22-14-15/h3-14H,2H2,1H3,(H,23,25)(H,24,26). The first-order valence-electron chi connectivity index (χ1n) is 8.52. The quantitative estimate of drug-likeness (QED) is 0.696. The van der Waals surface area contributed by atoms with Gasteiger partial charge < -0.3 is 15.4 Å². The number of amides is 2. The molecular weight excluding hydrogens is 342 g/mol. The van der Waals surface area contributed by atoms with Crippen LogP contribution in [-0.4, -0.2) is 23.4 Å². The summed E-state index contributed by atoms with van der Waals surface area (Å²) in [7, 11) is 0. The summed E-state index contributed by atoms with van der Waals surface area (Å²) >= 11 is 0. The van der Waals surface area contributed by atoms with Crippen LogP contribution < -0.4 is 15.4 Å². The number of benzene rings is 2. The Hall–Kier alpha value is -3.67. The molecule has 27 heavy (non-hydrogen) atoms. The first-order valence-corrected chi connectivity index (χ1v) is 8.52. The Morgan fingerprint density at radius 3 is 2.33 bits per heavy atom. The van der Waals surface area contributed by atoms with Crippen molar-refractivity contribution >= 4 is 23.2 Å². The van der Waals surface area contributed by atoms with Crippen molar-refractivity contribution in [3.63, 3.8) is 0 Å². The van der Waals surface area contributed by atoms with Crippen LogP contribution in [0.1, 0.15) is 27.6 Å². The number of carbonyl (C=O) groups is 2. The van der Waals surface area contributed by atoms with Gasteiger partial charge in [-0.05, 0) is 43.3 Å². The predicted octanol–water partition coefficient (Wildman–Crippen LogP) is 3.98. The van der Waals surface area contributed by atoms with E-state index >= 15 is 0 Å². The zero-order valence-corrected chi connectivity index (χ0v) is 14.8. The Morgan fingerprint density at radius 2 is 1.59 bits per heavy atom. The number of anilines is 2. The van der Waals surface area contributed by atoms with Crippen LogP contribution in [0.25, 0.3) is 0 Å². The van der Waals surface area contributed by atoms with Crippen LogP contribution in [0.5, 0.6) is 5.75 Å². The molecule has 0 aliphatic carbocycles. The van der Waals surface area contributed by atoms with E-state index in [1.54, 1.807) is 73.1 Å². The zero-order valence-electron chi connectivity index (χ0n) is 14.8. The van der Waals surface area contributed by atoms with Gasteiger partial charge in [-0.15, -0.1) is 0 Å². The summed E-state index contributed by atoms with van der Waals surface area (Å²) in [4.78, 5) is 29.3. The van der Waals surface area contributed by atoms with Gasteiger partial charge >= 0.3 is 0 Å². The van der Waals surface area contributed by atoms with Crippen molar-refractivity contribution in [2.75, 3.05) is 17.2 Å². The minimum absolute atomic E-state index is 0.336. The molecule has 0 aliphatic heterocycles. The number of carbonyl (C=O) groups excluding carboxylic acids is 2. The number of pyridine rings is 1. The van der Waals surface area contributed by atoms with Gasteiger partial charge in [0.15, 0.2) is 0 Å². The third-order valence-electron chi connectivity index (χ3n) is 3.77. The summed E-state index contributed by atoms with van der Waals surface area (Å²) in [6.07, 6.45) is 3.18. The van der Waals surface area contributed by atoms with Crippen molar-refractivity contribution in [3.8, 4) is 5.75 Å². The fraction of sp³-hybridized carbons (Fsp3) is 0.0952. The van der Waals surface area contributed by atoms with E-state index in [0.29, 0.717) is 34.9 Å². The highest BCUT2D eigenvalue weighted by Gasteiger charge is 2.16. The summed E-state index contributed by atoms with van der Waals surface area (Å²) in [6.45, 7) is 2.31. The van der Waals surface area contributed by atoms with E-state index in [2.05, 4.69) is 15.6 Å². The van der Waals surface area contributed by atoms with Gasteiger partial charge in [-0.3, -0.25) is 14.6 Å². The number of para-hydroxylation sites is 2. The van der Waals surface area contributed by atoms with E-state index in [-0.39, 0.29) is 11.8 Å². The maximum atomic E-state index is 12.7. The fourth-order valence-electron chi connectivity index (χ4n) is 2.55. The number of aromatic nitrogens is 1. The lowest BCUT2D eigenvalue weighted by molar-refractivity contribution is 0.102. The fourth-order valence-corrected chi connectivity index (χ4v) is 2.55. The SMILES string of the molecule is CCOc1ccccc1C(=O)Nc1ccccc1C(=O)Nc1cccnc1. The Balaban J connectivity index is 1.82. The molecule has 3 aromatic rings. The molecule has 0 fully saturated rings. The molecule has 2 amide bonds. The second-order valence-corrected chi connectivity index (χ2v) is 5.62. The lowest BCUT2D eigenvalue weighted by Gasteiger charge is -2.13. The van der Waals surface area contributed by atoms with Gasteiger partial charge in [0.2, 0.25) is 0 Å². The monoisotopic (exact) mass is 361 g/mol. The number of nitrogens with one attached hydrogen (secondary N) is 2. The van der Waals surface area contributed by atoms with E-state index in [4.69, 9.17) is 4.74 Å². The molecule has 0 unspecified atom stereocenters. The third kappa shape index (κ3) is 4.49. The highest BCUT2D eigenvalue weighted by atomic mass is 16.5. The summed E-state index contributed by atoms with van der Waals surface area (Å²) in [5.74, 6) is -0.188. The van der Waals surface area contributed by atoms with Gasteiger partial charge in [-0.2, -0.15) is 0 Å². The molecule has 0 saturated heterocycles. The van der Waals surface area contributed by atoms with E-state index < -0.39 is 0 Å². The summed E-state index contributed by atoms with van der Waals surface area (Å²) in [5, 5.41) is 5.56. The Kier molecular flexibility index (Phi) is 5.79. The maximum absolute atomic E-state index is 12.7. The number of hydrogen-bond acceptors (Lipinski definition) is 4. The molecule has 2 N–H and O–H groups in total. The van der Waals surface area contributed by atoms with Gasteiger partial charge in [-0.1, -0.05) is 24.3 Å². The Morgan fingerprint density at radius 1 is 0.889 bits per heavy atom. The molecule has 3 rings (SSSR count). The average Bonchev–Trinajstić information content (AvgIpc) is 2.70. The van der Waals surface area contributed by atoms with Crippen LogP contribution in [-0.2, 0) is 0 Å². The van der Waals surface area contributed by atoms with Crippen LogP contribution in [0.3, 0.4) is 0 Å². The van der Waals surface area contributed by atoms with Gasteiger partial charge in [0.1, 0.15) is 5.75 Å². The normalized spacial score (nSPS) is 10.1. The van der Waals surface area contributed by atoms with E-state index in [1.807, 2.05) is 6.92 Å². The predicted molar refractivity (Wildman–Crippen MR) is 104 cm³/mol. The van der Waals surface area contributed by atoms with Crippen molar-refractivity contribution in [1.29, 1.82) is 0 Å². The van der Waals surface area contributed by atoms with Gasteiger partial charge in [-0.25, -0.2) is 0 Å². The van der Waals surface area contributed by atoms with Crippen molar-refractivity contribution in [1.82, 2.24) is 4.98 Å². The largest absolute Gasteiger partial charge is 0.493 e. The number of ether oxygens (including phenoxy) is 1. The molecular formula is C21H19N3O3. The van der Waals surface area contributed by atoms with Gasteiger partial charge in [0.25, 0.3) is 11.8 Å². The molecule has 0 atom stereocenters. The third-order valence-corrected chi connectivity index (χ3v) is 3.77. The molecule has 6 heteroatoms. The highest BCUT2D eigenvalue weighted by Crippen LogP contribution is 2.22. The van der Waals surface area contributed by atoms with Gasteiger partial charge in [0, 0.05) is 6.20 Å². The number of nitrogens with zero attached hydrogens (tertiary/aromatic N) is 1.